The molecule has 100 valence electrons. The molecule has 1 aromatic carbocycles. The van der Waals surface area contributed by atoms with Gasteiger partial charge in [-0.25, -0.2) is 0 Å². The first kappa shape index (κ1) is 14.3. The second-order valence-corrected chi connectivity index (χ2v) is 5.68. The number of carbonyl (C=O) groups is 1. The van der Waals surface area contributed by atoms with Gasteiger partial charge in [-0.15, -0.1) is 0 Å². The third-order valence-electron chi connectivity index (χ3n) is 3.08. The van der Waals surface area contributed by atoms with Crippen LogP contribution in [0.1, 0.15) is 27.3 Å². The fourth-order valence-corrected chi connectivity index (χ4v) is 2.69. The molecule has 0 unspecified atom stereocenters. The van der Waals surface area contributed by atoms with Crippen molar-refractivity contribution in [1.82, 2.24) is 9.78 Å². The SMILES string of the molecule is Cc1cccc(C(=O)Cc2c(Br)c(C)nn2C)c1Cl. The minimum absolute atomic E-state index is 0.00241. The summed E-state index contributed by atoms with van der Waals surface area (Å²) in [7, 11) is 1.83. The molecule has 5 heteroatoms. The number of nitrogens with zero attached hydrogens (tertiary/aromatic N) is 2. The van der Waals surface area contributed by atoms with E-state index in [1.54, 1.807) is 10.7 Å². The van der Waals surface area contributed by atoms with E-state index in [1.165, 1.54) is 0 Å². The van der Waals surface area contributed by atoms with Crippen LogP contribution in [0.2, 0.25) is 5.02 Å². The van der Waals surface area contributed by atoms with E-state index < -0.39 is 0 Å². The first-order valence-corrected chi connectivity index (χ1v) is 7.05. The molecule has 0 aliphatic heterocycles. The number of Topliss-reactive ketones (excluding diaryl/α,β-unsaturated/α-hetero) is 1. The van der Waals surface area contributed by atoms with Gasteiger partial charge in [-0.3, -0.25) is 9.48 Å². The van der Waals surface area contributed by atoms with Crippen molar-refractivity contribution < 1.29 is 4.79 Å². The van der Waals surface area contributed by atoms with E-state index in [9.17, 15) is 4.79 Å². The van der Waals surface area contributed by atoms with Gasteiger partial charge in [0.25, 0.3) is 0 Å². The number of carbonyl (C=O) groups excluding carboxylic acids is 1. The van der Waals surface area contributed by atoms with Crippen LogP contribution in [0, 0.1) is 13.8 Å². The van der Waals surface area contributed by atoms with Gasteiger partial charge in [-0.05, 0) is 41.4 Å². The van der Waals surface area contributed by atoms with E-state index in [2.05, 4.69) is 21.0 Å². The summed E-state index contributed by atoms with van der Waals surface area (Å²) in [6.45, 7) is 3.79. The Bertz CT molecular complexity index is 649. The molecule has 0 atom stereocenters. The largest absolute Gasteiger partial charge is 0.294 e. The Balaban J connectivity index is 2.34. The average Bonchev–Trinajstić information content (AvgIpc) is 2.59. The predicted molar refractivity (Wildman–Crippen MR) is 79.9 cm³/mol. The monoisotopic (exact) mass is 340 g/mol. The van der Waals surface area contributed by atoms with Crippen molar-refractivity contribution in [3.63, 3.8) is 0 Å². The molecule has 0 fully saturated rings. The van der Waals surface area contributed by atoms with E-state index in [0.29, 0.717) is 10.6 Å². The summed E-state index contributed by atoms with van der Waals surface area (Å²) in [6, 6.07) is 5.50. The second kappa shape index (κ2) is 5.47. The molecule has 0 bridgehead atoms. The standard InChI is InChI=1S/C14H14BrClN2O/c1-8-5-4-6-10(14(8)16)12(19)7-11-13(15)9(2)17-18(11)3/h4-6H,7H2,1-3H3. The van der Waals surface area contributed by atoms with Crippen LogP contribution >= 0.6 is 27.5 Å². The van der Waals surface area contributed by atoms with Gasteiger partial charge in [-0.2, -0.15) is 5.10 Å². The third-order valence-corrected chi connectivity index (χ3v) is 4.62. The highest BCUT2D eigenvalue weighted by atomic mass is 79.9. The highest BCUT2D eigenvalue weighted by Crippen LogP contribution is 2.25. The fourth-order valence-electron chi connectivity index (χ4n) is 1.98. The smallest absolute Gasteiger partial charge is 0.170 e. The van der Waals surface area contributed by atoms with Crippen LogP contribution in [0.25, 0.3) is 0 Å². The molecule has 1 heterocycles. The van der Waals surface area contributed by atoms with Crippen LogP contribution < -0.4 is 0 Å². The number of hydrogen-bond donors (Lipinski definition) is 0. The zero-order valence-electron chi connectivity index (χ0n) is 11.0. The van der Waals surface area contributed by atoms with Crippen LogP contribution in [0.15, 0.2) is 22.7 Å². The topological polar surface area (TPSA) is 34.9 Å². The van der Waals surface area contributed by atoms with Gasteiger partial charge < -0.3 is 0 Å². The number of halogens is 2. The van der Waals surface area contributed by atoms with E-state index in [4.69, 9.17) is 11.6 Å². The lowest BCUT2D eigenvalue weighted by Gasteiger charge is -2.06. The maximum absolute atomic E-state index is 12.4. The minimum Gasteiger partial charge on any atom is -0.294 e. The van der Waals surface area contributed by atoms with Gasteiger partial charge >= 0.3 is 0 Å². The van der Waals surface area contributed by atoms with Crippen molar-refractivity contribution in [3.8, 4) is 0 Å². The maximum atomic E-state index is 12.4. The lowest BCUT2D eigenvalue weighted by molar-refractivity contribution is 0.0990. The van der Waals surface area contributed by atoms with Crippen LogP contribution in [0.5, 0.6) is 0 Å². The van der Waals surface area contributed by atoms with Crippen molar-refractivity contribution >= 4 is 33.3 Å². The molecule has 1 aromatic heterocycles. The van der Waals surface area contributed by atoms with Crippen LogP contribution in [-0.4, -0.2) is 15.6 Å². The molecule has 2 rings (SSSR count). The Labute approximate surface area is 125 Å². The lowest BCUT2D eigenvalue weighted by atomic mass is 10.0. The number of aryl methyl sites for hydroxylation is 3. The minimum atomic E-state index is -0.00241. The Morgan fingerprint density at radius 3 is 2.68 bits per heavy atom. The second-order valence-electron chi connectivity index (χ2n) is 4.51. The van der Waals surface area contributed by atoms with Crippen LogP contribution in [0.3, 0.4) is 0 Å². The molecule has 19 heavy (non-hydrogen) atoms. The number of rotatable bonds is 3. The summed E-state index contributed by atoms with van der Waals surface area (Å²) in [4.78, 5) is 12.4. The van der Waals surface area contributed by atoms with Crippen molar-refractivity contribution in [2.45, 2.75) is 20.3 Å². The van der Waals surface area contributed by atoms with Gasteiger partial charge in [0, 0.05) is 12.6 Å². The van der Waals surface area contributed by atoms with Gasteiger partial charge in [0.2, 0.25) is 0 Å². The molecule has 0 aliphatic carbocycles. The molecule has 0 saturated heterocycles. The Morgan fingerprint density at radius 1 is 1.42 bits per heavy atom. The number of hydrogen-bond acceptors (Lipinski definition) is 2. The molecule has 0 spiro atoms. The summed E-state index contributed by atoms with van der Waals surface area (Å²) >= 11 is 9.65. The molecule has 0 N–H and O–H groups in total. The summed E-state index contributed by atoms with van der Waals surface area (Å²) in [5.74, 6) is -0.00241. The van der Waals surface area contributed by atoms with E-state index >= 15 is 0 Å². The number of aromatic nitrogens is 2. The molecular weight excluding hydrogens is 328 g/mol. The first-order valence-electron chi connectivity index (χ1n) is 5.88. The Kier molecular flexibility index (Phi) is 4.11. The van der Waals surface area contributed by atoms with Crippen LogP contribution in [-0.2, 0) is 13.5 Å². The highest BCUT2D eigenvalue weighted by molar-refractivity contribution is 9.10. The first-order chi connectivity index (χ1) is 8.91. The summed E-state index contributed by atoms with van der Waals surface area (Å²) in [5.41, 5.74) is 3.21. The lowest BCUT2D eigenvalue weighted by Crippen LogP contribution is -2.09. The van der Waals surface area contributed by atoms with Gasteiger partial charge in [0.15, 0.2) is 5.78 Å². The Hall–Kier alpha value is -1.13. The van der Waals surface area contributed by atoms with Crippen molar-refractivity contribution in [1.29, 1.82) is 0 Å². The Morgan fingerprint density at radius 2 is 2.11 bits per heavy atom. The molecular formula is C14H14BrClN2O. The third kappa shape index (κ3) is 2.74. The van der Waals surface area contributed by atoms with E-state index in [-0.39, 0.29) is 12.2 Å². The molecule has 0 saturated carbocycles. The predicted octanol–water partition coefficient (Wildman–Crippen LogP) is 3.88. The van der Waals surface area contributed by atoms with Gasteiger partial charge in [-0.1, -0.05) is 23.7 Å². The normalized spacial score (nSPS) is 10.8. The zero-order chi connectivity index (χ0) is 14.2. The summed E-state index contributed by atoms with van der Waals surface area (Å²) in [6.07, 6.45) is 0.279. The number of ketones is 1. The molecule has 0 aliphatic rings. The molecule has 3 nitrogen and oxygen atoms in total. The molecule has 2 aromatic rings. The van der Waals surface area contributed by atoms with Crippen molar-refractivity contribution in [3.05, 3.63) is 50.2 Å². The number of benzene rings is 1. The van der Waals surface area contributed by atoms with Crippen LogP contribution in [0.4, 0.5) is 0 Å². The van der Waals surface area contributed by atoms with Crippen molar-refractivity contribution in [2.75, 3.05) is 0 Å². The maximum Gasteiger partial charge on any atom is 0.170 e. The zero-order valence-corrected chi connectivity index (χ0v) is 13.3. The summed E-state index contributed by atoms with van der Waals surface area (Å²) < 4.78 is 2.60. The average molecular weight is 342 g/mol. The molecule has 0 amide bonds. The fraction of sp³-hybridized carbons (Fsp3) is 0.286. The van der Waals surface area contributed by atoms with Gasteiger partial charge in [0.1, 0.15) is 0 Å². The van der Waals surface area contributed by atoms with Gasteiger partial charge in [0.05, 0.1) is 27.3 Å². The van der Waals surface area contributed by atoms with E-state index in [1.807, 2.05) is 33.0 Å². The highest BCUT2D eigenvalue weighted by Gasteiger charge is 2.17. The van der Waals surface area contributed by atoms with Crippen molar-refractivity contribution in [2.24, 2.45) is 7.05 Å². The summed E-state index contributed by atoms with van der Waals surface area (Å²) in [5, 5.41) is 4.81. The quantitative estimate of drug-likeness (QED) is 0.794. The molecule has 0 radical (unpaired) electrons. The van der Waals surface area contributed by atoms with E-state index in [0.717, 1.165) is 21.4 Å².